The Balaban J connectivity index is 1.73. The van der Waals surface area contributed by atoms with E-state index in [1.54, 1.807) is 18.2 Å². The number of rotatable bonds is 10. The molecular weight excluding hydrogens is 568 g/mol. The molecule has 7 nitrogen and oxygen atoms in total. The number of benzene rings is 2. The van der Waals surface area contributed by atoms with Gasteiger partial charge in [-0.2, -0.15) is 20.2 Å². The first-order valence-electron chi connectivity index (χ1n) is 15.0. The van der Waals surface area contributed by atoms with E-state index < -0.39 is 0 Å². The van der Waals surface area contributed by atoms with Gasteiger partial charge in [-0.3, -0.25) is 0 Å². The number of hydrogen-bond donors (Lipinski definition) is 1. The summed E-state index contributed by atoms with van der Waals surface area (Å²) in [5.74, 6) is -0.361. The maximum absolute atomic E-state index is 10.1. The summed E-state index contributed by atoms with van der Waals surface area (Å²) in [6, 6.07) is 23.3. The van der Waals surface area contributed by atoms with Gasteiger partial charge in [-0.05, 0) is 52.8 Å². The van der Waals surface area contributed by atoms with Crippen molar-refractivity contribution >= 4 is 17.4 Å². The van der Waals surface area contributed by atoms with Crippen LogP contribution < -0.4 is 0 Å². The molecule has 2 aliphatic rings. The van der Waals surface area contributed by atoms with Crippen molar-refractivity contribution in [1.82, 2.24) is 4.90 Å². The lowest BCUT2D eigenvalue weighted by Crippen LogP contribution is -2.36. The molecule has 46 heavy (non-hydrogen) atoms. The first-order valence-corrected chi connectivity index (χ1v) is 15.0. The molecule has 1 saturated heterocycles. The first-order chi connectivity index (χ1) is 22.6. The van der Waals surface area contributed by atoms with Crippen molar-refractivity contribution in [3.8, 4) is 12.1 Å². The van der Waals surface area contributed by atoms with Crippen LogP contribution in [0.25, 0.3) is 20.8 Å². The molecule has 2 aromatic carbocycles. The monoisotopic (exact) mass is 602 g/mol. The summed E-state index contributed by atoms with van der Waals surface area (Å²) in [6.45, 7) is 19.7. The number of nitrogens with one attached hydrogen (secondary N) is 1. The van der Waals surface area contributed by atoms with Gasteiger partial charge in [-0.25, -0.2) is 0 Å². The second-order valence-electron chi connectivity index (χ2n) is 10.6. The van der Waals surface area contributed by atoms with Gasteiger partial charge in [0.15, 0.2) is 0 Å². The SMILES string of the molecule is [C-]#[N+]C([N+]#[C-])=C(/C(C#N)=C/C=C/C1=C(N2CCOCC2)C(=C/C=C/C(C#N)=C(\c2ccccc2)C(C)C=N)/CC1)c1ccccc1. The lowest BCUT2D eigenvalue weighted by atomic mass is 9.90. The second kappa shape index (κ2) is 16.7. The van der Waals surface area contributed by atoms with E-state index >= 15 is 0 Å². The van der Waals surface area contributed by atoms with Gasteiger partial charge in [-0.15, -0.1) is 0 Å². The van der Waals surface area contributed by atoms with E-state index in [4.69, 9.17) is 23.3 Å². The molecule has 1 aliphatic heterocycles. The minimum Gasteiger partial charge on any atom is -0.378 e. The number of nitriles is 2. The molecule has 4 rings (SSSR count). The van der Waals surface area contributed by atoms with Gasteiger partial charge in [0.2, 0.25) is 0 Å². The zero-order valence-corrected chi connectivity index (χ0v) is 25.8. The van der Waals surface area contributed by atoms with Gasteiger partial charge in [0.25, 0.3) is 0 Å². The van der Waals surface area contributed by atoms with Crippen LogP contribution in [0.1, 0.15) is 30.9 Å². The Morgan fingerprint density at radius 2 is 1.59 bits per heavy atom. The summed E-state index contributed by atoms with van der Waals surface area (Å²) in [5, 5.41) is 28.0. The van der Waals surface area contributed by atoms with Crippen molar-refractivity contribution in [2.75, 3.05) is 26.3 Å². The zero-order valence-electron chi connectivity index (χ0n) is 25.8. The smallest absolute Gasteiger partial charge is 0.378 e. The zero-order chi connectivity index (χ0) is 32.7. The van der Waals surface area contributed by atoms with Crippen molar-refractivity contribution in [3.05, 3.63) is 165 Å². The van der Waals surface area contributed by atoms with Crippen LogP contribution in [0.5, 0.6) is 0 Å². The van der Waals surface area contributed by atoms with Crippen LogP contribution >= 0.6 is 0 Å². The van der Waals surface area contributed by atoms with Gasteiger partial charge in [0.1, 0.15) is 13.1 Å². The number of hydrogen-bond acceptors (Lipinski definition) is 5. The predicted molar refractivity (Wildman–Crippen MR) is 182 cm³/mol. The molecule has 226 valence electrons. The summed E-state index contributed by atoms with van der Waals surface area (Å²) >= 11 is 0. The molecule has 0 bridgehead atoms. The molecule has 1 heterocycles. The summed E-state index contributed by atoms with van der Waals surface area (Å²) in [6.07, 6.45) is 14.3. The summed E-state index contributed by atoms with van der Waals surface area (Å²) in [5.41, 5.74) is 6.86. The quantitative estimate of drug-likeness (QED) is 0.128. The largest absolute Gasteiger partial charge is 0.528 e. The fourth-order valence-corrected chi connectivity index (χ4v) is 5.63. The molecule has 2 aromatic rings. The predicted octanol–water partition coefficient (Wildman–Crippen LogP) is 8.33. The highest BCUT2D eigenvalue weighted by atomic mass is 16.5. The van der Waals surface area contributed by atoms with E-state index in [9.17, 15) is 10.5 Å². The van der Waals surface area contributed by atoms with E-state index in [0.29, 0.717) is 29.9 Å². The third kappa shape index (κ3) is 7.93. The molecule has 0 radical (unpaired) electrons. The lowest BCUT2D eigenvalue weighted by molar-refractivity contribution is 0.0547. The Hall–Kier alpha value is -5.99. The van der Waals surface area contributed by atoms with Gasteiger partial charge >= 0.3 is 5.82 Å². The highest BCUT2D eigenvalue weighted by Gasteiger charge is 2.25. The average Bonchev–Trinajstić information content (AvgIpc) is 3.52. The van der Waals surface area contributed by atoms with Crippen molar-refractivity contribution < 1.29 is 4.74 Å². The van der Waals surface area contributed by atoms with Crippen molar-refractivity contribution in [2.45, 2.75) is 19.8 Å². The Kier molecular flexibility index (Phi) is 12.0. The molecule has 1 unspecified atom stereocenters. The van der Waals surface area contributed by atoms with Gasteiger partial charge in [0, 0.05) is 30.9 Å². The molecule has 1 N–H and O–H groups in total. The molecule has 0 spiro atoms. The van der Waals surface area contributed by atoms with Crippen molar-refractivity contribution in [1.29, 1.82) is 15.9 Å². The second-order valence-corrected chi connectivity index (χ2v) is 10.6. The Morgan fingerprint density at radius 3 is 2.17 bits per heavy atom. The molecular formula is C39H34N6O. The highest BCUT2D eigenvalue weighted by Crippen LogP contribution is 2.36. The molecule has 0 aromatic heterocycles. The van der Waals surface area contributed by atoms with Crippen LogP contribution in [0.2, 0.25) is 0 Å². The number of nitrogens with zero attached hydrogens (tertiary/aromatic N) is 5. The van der Waals surface area contributed by atoms with Gasteiger partial charge < -0.3 is 15.0 Å². The molecule has 7 heteroatoms. The topological polar surface area (TPSA) is 92.6 Å². The lowest BCUT2D eigenvalue weighted by Gasteiger charge is -2.31. The van der Waals surface area contributed by atoms with E-state index in [1.807, 2.05) is 79.8 Å². The van der Waals surface area contributed by atoms with Crippen LogP contribution in [0.15, 0.2) is 131 Å². The first kappa shape index (κ1) is 32.9. The fourth-order valence-electron chi connectivity index (χ4n) is 5.63. The van der Waals surface area contributed by atoms with Gasteiger partial charge in [0.05, 0.1) is 42.1 Å². The van der Waals surface area contributed by atoms with E-state index in [0.717, 1.165) is 53.9 Å². The minimum absolute atomic E-state index is 0.144. The van der Waals surface area contributed by atoms with E-state index in [1.165, 1.54) is 6.21 Å². The summed E-state index contributed by atoms with van der Waals surface area (Å²) < 4.78 is 5.62. The maximum atomic E-state index is 10.1. The molecule has 0 saturated carbocycles. The Labute approximate surface area is 271 Å². The Bertz CT molecular complexity index is 1810. The highest BCUT2D eigenvalue weighted by molar-refractivity contribution is 5.87. The van der Waals surface area contributed by atoms with Crippen molar-refractivity contribution in [2.24, 2.45) is 5.92 Å². The van der Waals surface area contributed by atoms with Gasteiger partial charge in [-0.1, -0.05) is 91.9 Å². The molecule has 0 amide bonds. The molecule has 1 atom stereocenters. The van der Waals surface area contributed by atoms with Crippen LogP contribution in [-0.2, 0) is 4.74 Å². The Morgan fingerprint density at radius 1 is 0.935 bits per heavy atom. The number of morpholine rings is 1. The van der Waals surface area contributed by atoms with Crippen molar-refractivity contribution in [3.63, 3.8) is 0 Å². The molecule has 1 fully saturated rings. The standard InChI is InChI=1S/C39H34N6O/c1-29(26-40)36(30-12-6-4-7-13-30)34(27-41)18-10-16-32-20-21-33(38(32)45-22-24-46-25-23-45)17-11-19-35(28-42)37(39(43-2)44-3)31-14-8-5-9-15-31/h4-19,26,29,40H,20-25H2,1H3/b17-11+,18-10+,32-16+,35-19+,36-34+,40-26?. The van der Waals surface area contributed by atoms with Crippen LogP contribution in [0, 0.1) is 47.1 Å². The average molecular weight is 603 g/mol. The van der Waals surface area contributed by atoms with E-state index in [2.05, 4.69) is 32.8 Å². The third-order valence-electron chi connectivity index (χ3n) is 7.81. The summed E-state index contributed by atoms with van der Waals surface area (Å²) in [7, 11) is 0. The molecule has 1 aliphatic carbocycles. The third-order valence-corrected chi connectivity index (χ3v) is 7.81. The van der Waals surface area contributed by atoms with Crippen LogP contribution in [-0.4, -0.2) is 37.4 Å². The normalized spacial score (nSPS) is 17.2. The van der Waals surface area contributed by atoms with Crippen LogP contribution in [0.3, 0.4) is 0 Å². The number of allylic oxidation sites excluding steroid dienone is 12. The van der Waals surface area contributed by atoms with Crippen LogP contribution in [0.4, 0.5) is 0 Å². The maximum Gasteiger partial charge on any atom is 0.528 e. The number of ether oxygens (including phenoxy) is 1. The van der Waals surface area contributed by atoms with E-state index in [-0.39, 0.29) is 17.3 Å². The fraction of sp³-hybridized carbons (Fsp3) is 0.205. The summed E-state index contributed by atoms with van der Waals surface area (Å²) in [4.78, 5) is 9.11. The minimum atomic E-state index is -0.217.